The van der Waals surface area contributed by atoms with Crippen LogP contribution in [0.4, 0.5) is 10.5 Å². The Morgan fingerprint density at radius 3 is 2.74 bits per heavy atom. The first-order valence-electron chi connectivity index (χ1n) is 11.7. The summed E-state index contributed by atoms with van der Waals surface area (Å²) in [5, 5.41) is 5.46. The van der Waals surface area contributed by atoms with E-state index in [9.17, 15) is 9.59 Å². The van der Waals surface area contributed by atoms with Gasteiger partial charge in [-0.05, 0) is 74.0 Å². The van der Waals surface area contributed by atoms with Crippen LogP contribution in [0.5, 0.6) is 5.75 Å². The number of nitrogens with one attached hydrogen (secondary N) is 1. The molecule has 2 aromatic carbocycles. The molecule has 1 aliphatic heterocycles. The minimum atomic E-state index is -0.337. The van der Waals surface area contributed by atoms with E-state index in [0.29, 0.717) is 23.9 Å². The largest absolute Gasteiger partial charge is 0.491 e. The summed E-state index contributed by atoms with van der Waals surface area (Å²) in [6, 6.07) is 16.2. The molecule has 184 valence electrons. The highest BCUT2D eigenvalue weighted by molar-refractivity contribution is 7.10. The van der Waals surface area contributed by atoms with Gasteiger partial charge in [0.15, 0.2) is 0 Å². The zero-order valence-corrected chi connectivity index (χ0v) is 21.7. The number of anilines is 1. The molecule has 3 amide bonds. The van der Waals surface area contributed by atoms with E-state index in [1.165, 1.54) is 4.88 Å². The molecular weight excluding hydrogens is 482 g/mol. The number of rotatable bonds is 7. The van der Waals surface area contributed by atoms with Crippen LogP contribution in [0.25, 0.3) is 0 Å². The number of ether oxygens (including phenoxy) is 1. The molecule has 1 unspecified atom stereocenters. The van der Waals surface area contributed by atoms with Gasteiger partial charge in [0.05, 0.1) is 6.04 Å². The van der Waals surface area contributed by atoms with Gasteiger partial charge in [0.1, 0.15) is 18.9 Å². The van der Waals surface area contributed by atoms with Crippen molar-refractivity contribution in [3.05, 3.63) is 81.0 Å². The summed E-state index contributed by atoms with van der Waals surface area (Å²) >= 11 is 7.77. The molecule has 0 radical (unpaired) electrons. The van der Waals surface area contributed by atoms with Gasteiger partial charge in [0.2, 0.25) is 5.91 Å². The average Bonchev–Trinajstić information content (AvgIpc) is 3.30. The van der Waals surface area contributed by atoms with E-state index in [2.05, 4.69) is 16.8 Å². The number of amides is 3. The Balaban J connectivity index is 1.50. The molecule has 0 saturated heterocycles. The summed E-state index contributed by atoms with van der Waals surface area (Å²) in [4.78, 5) is 31.3. The Hall–Kier alpha value is -3.03. The summed E-state index contributed by atoms with van der Waals surface area (Å²) in [5.74, 6) is 0.710. The highest BCUT2D eigenvalue weighted by Crippen LogP contribution is 2.34. The third-order valence-electron chi connectivity index (χ3n) is 6.17. The molecule has 0 spiro atoms. The van der Waals surface area contributed by atoms with Gasteiger partial charge < -0.3 is 19.9 Å². The molecule has 0 bridgehead atoms. The van der Waals surface area contributed by atoms with E-state index in [1.807, 2.05) is 49.9 Å². The molecule has 1 N–H and O–H groups in total. The fourth-order valence-electron chi connectivity index (χ4n) is 4.25. The number of aryl methyl sites for hydroxylation is 1. The Morgan fingerprint density at radius 2 is 2.00 bits per heavy atom. The summed E-state index contributed by atoms with van der Waals surface area (Å²) in [5.41, 5.74) is 2.77. The van der Waals surface area contributed by atoms with E-state index >= 15 is 0 Å². The van der Waals surface area contributed by atoms with Crippen molar-refractivity contribution in [1.82, 2.24) is 9.80 Å². The van der Waals surface area contributed by atoms with E-state index in [4.69, 9.17) is 16.3 Å². The number of carbonyl (C=O) groups excluding carboxylic acids is 2. The molecule has 6 nitrogen and oxygen atoms in total. The number of benzene rings is 2. The van der Waals surface area contributed by atoms with Crippen molar-refractivity contribution in [2.24, 2.45) is 0 Å². The first-order valence-corrected chi connectivity index (χ1v) is 13.0. The Morgan fingerprint density at radius 1 is 1.20 bits per heavy atom. The molecule has 1 atom stereocenters. The fraction of sp³-hybridized carbons (Fsp3) is 0.333. The standard InChI is InChI=1S/C27H30ClN3O3S/c1-18(2)31(27(33)29-21-9-6-8-20(28)15-21)16-26(32)30-13-11-25-22(12-14-35-25)23(30)17-34-24-10-5-4-7-19(24)3/h4-10,12,14-15,18,23H,11,13,16-17H2,1-3H3,(H,29,33). The first kappa shape index (κ1) is 25.1. The summed E-state index contributed by atoms with van der Waals surface area (Å²) < 4.78 is 6.18. The Kier molecular flexibility index (Phi) is 7.98. The van der Waals surface area contributed by atoms with Crippen molar-refractivity contribution in [3.8, 4) is 5.75 Å². The maximum atomic E-state index is 13.6. The third kappa shape index (κ3) is 5.97. The molecule has 0 saturated carbocycles. The molecule has 2 heterocycles. The van der Waals surface area contributed by atoms with Gasteiger partial charge in [-0.2, -0.15) is 0 Å². The molecule has 3 aromatic rings. The Bertz CT molecular complexity index is 1200. The highest BCUT2D eigenvalue weighted by atomic mass is 35.5. The predicted molar refractivity (Wildman–Crippen MR) is 141 cm³/mol. The van der Waals surface area contributed by atoms with Crippen LogP contribution in [0.15, 0.2) is 60.0 Å². The van der Waals surface area contributed by atoms with Crippen LogP contribution < -0.4 is 10.1 Å². The quantitative estimate of drug-likeness (QED) is 0.413. The average molecular weight is 512 g/mol. The van der Waals surface area contributed by atoms with Crippen LogP contribution in [0, 0.1) is 6.92 Å². The van der Waals surface area contributed by atoms with Gasteiger partial charge in [-0.3, -0.25) is 4.79 Å². The molecule has 4 rings (SSSR count). The number of hydrogen-bond acceptors (Lipinski definition) is 4. The number of nitrogens with zero attached hydrogens (tertiary/aromatic N) is 2. The van der Waals surface area contributed by atoms with E-state index in [-0.39, 0.29) is 30.6 Å². The maximum absolute atomic E-state index is 13.6. The van der Waals surface area contributed by atoms with Gasteiger partial charge in [-0.15, -0.1) is 11.3 Å². The lowest BCUT2D eigenvalue weighted by molar-refractivity contribution is -0.135. The summed E-state index contributed by atoms with van der Waals surface area (Å²) in [6.45, 7) is 6.73. The van der Waals surface area contributed by atoms with Crippen molar-refractivity contribution in [2.75, 3.05) is 25.0 Å². The molecule has 1 aliphatic rings. The molecule has 0 aliphatic carbocycles. The fourth-order valence-corrected chi connectivity index (χ4v) is 5.37. The lowest BCUT2D eigenvalue weighted by Gasteiger charge is -2.37. The number of hydrogen-bond donors (Lipinski definition) is 1. The minimum absolute atomic E-state index is 0.0234. The molecule has 35 heavy (non-hydrogen) atoms. The molecular formula is C27H30ClN3O3S. The van der Waals surface area contributed by atoms with Crippen LogP contribution in [-0.4, -0.2) is 47.5 Å². The predicted octanol–water partition coefficient (Wildman–Crippen LogP) is 6.16. The van der Waals surface area contributed by atoms with Crippen LogP contribution in [0.1, 0.15) is 35.9 Å². The van der Waals surface area contributed by atoms with Crippen LogP contribution in [0.2, 0.25) is 5.02 Å². The van der Waals surface area contributed by atoms with Gasteiger partial charge in [0.25, 0.3) is 0 Å². The van der Waals surface area contributed by atoms with E-state index in [1.54, 1.807) is 40.5 Å². The number of carbonyl (C=O) groups is 2. The number of para-hydroxylation sites is 1. The van der Waals surface area contributed by atoms with Crippen molar-refractivity contribution in [3.63, 3.8) is 0 Å². The van der Waals surface area contributed by atoms with Crippen molar-refractivity contribution in [1.29, 1.82) is 0 Å². The number of thiophene rings is 1. The van der Waals surface area contributed by atoms with E-state index < -0.39 is 0 Å². The number of fused-ring (bicyclic) bond motifs is 1. The monoisotopic (exact) mass is 511 g/mol. The Labute approximate surface area is 215 Å². The molecule has 8 heteroatoms. The zero-order valence-electron chi connectivity index (χ0n) is 20.2. The van der Waals surface area contributed by atoms with Crippen LogP contribution in [-0.2, 0) is 11.2 Å². The topological polar surface area (TPSA) is 61.9 Å². The van der Waals surface area contributed by atoms with Crippen molar-refractivity contribution >= 4 is 40.6 Å². The van der Waals surface area contributed by atoms with Crippen molar-refractivity contribution in [2.45, 2.75) is 39.3 Å². The molecule has 1 aromatic heterocycles. The van der Waals surface area contributed by atoms with Crippen molar-refractivity contribution < 1.29 is 14.3 Å². The number of halogens is 1. The molecule has 0 fully saturated rings. The number of urea groups is 1. The SMILES string of the molecule is Cc1ccccc1OCC1c2ccsc2CCN1C(=O)CN(C(=O)Nc1cccc(Cl)c1)C(C)C. The second-order valence-electron chi connectivity index (χ2n) is 8.89. The van der Waals surface area contributed by atoms with Crippen LogP contribution >= 0.6 is 22.9 Å². The summed E-state index contributed by atoms with van der Waals surface area (Å²) in [6.07, 6.45) is 0.802. The van der Waals surface area contributed by atoms with Gasteiger partial charge in [0, 0.05) is 28.2 Å². The van der Waals surface area contributed by atoms with Crippen LogP contribution in [0.3, 0.4) is 0 Å². The minimum Gasteiger partial charge on any atom is -0.491 e. The second-order valence-corrected chi connectivity index (χ2v) is 10.3. The van der Waals surface area contributed by atoms with Gasteiger partial charge >= 0.3 is 6.03 Å². The lowest BCUT2D eigenvalue weighted by Crippen LogP contribution is -2.50. The zero-order chi connectivity index (χ0) is 24.9. The lowest BCUT2D eigenvalue weighted by atomic mass is 10.00. The normalized spacial score (nSPS) is 15.0. The smallest absolute Gasteiger partial charge is 0.322 e. The highest BCUT2D eigenvalue weighted by Gasteiger charge is 2.34. The third-order valence-corrected chi connectivity index (χ3v) is 7.40. The summed E-state index contributed by atoms with van der Waals surface area (Å²) in [7, 11) is 0. The van der Waals surface area contributed by atoms with Gasteiger partial charge in [-0.25, -0.2) is 4.79 Å². The second kappa shape index (κ2) is 11.1. The maximum Gasteiger partial charge on any atom is 0.322 e. The van der Waals surface area contributed by atoms with E-state index in [0.717, 1.165) is 23.3 Å². The van der Waals surface area contributed by atoms with Gasteiger partial charge in [-0.1, -0.05) is 35.9 Å². The first-order chi connectivity index (χ1) is 16.8.